The molecule has 0 saturated heterocycles. The number of hydrogen-bond acceptors (Lipinski definition) is 4. The molecule has 134 valence electrons. The molecular formula is C18H22N2O4S. The fraction of sp³-hybridized carbons (Fsp3) is 0.278. The van der Waals surface area contributed by atoms with Crippen molar-refractivity contribution in [1.82, 2.24) is 10.3 Å². The summed E-state index contributed by atoms with van der Waals surface area (Å²) >= 11 is 0. The van der Waals surface area contributed by atoms with Gasteiger partial charge >= 0.3 is 0 Å². The van der Waals surface area contributed by atoms with Gasteiger partial charge in [-0.15, -0.1) is 4.83 Å². The zero-order valence-electron chi connectivity index (χ0n) is 14.4. The van der Waals surface area contributed by atoms with Crippen molar-refractivity contribution >= 4 is 15.9 Å². The molecule has 0 fully saturated rings. The van der Waals surface area contributed by atoms with E-state index in [-0.39, 0.29) is 11.5 Å². The molecule has 2 aromatic carbocycles. The van der Waals surface area contributed by atoms with Crippen LogP contribution in [0.5, 0.6) is 5.75 Å². The Morgan fingerprint density at radius 3 is 2.20 bits per heavy atom. The topological polar surface area (TPSA) is 84.5 Å². The predicted octanol–water partition coefficient (Wildman–Crippen LogP) is 2.51. The highest BCUT2D eigenvalue weighted by Crippen LogP contribution is 2.17. The Morgan fingerprint density at radius 1 is 1.04 bits per heavy atom. The van der Waals surface area contributed by atoms with Crippen LogP contribution in [-0.2, 0) is 14.8 Å². The van der Waals surface area contributed by atoms with Gasteiger partial charge in [-0.2, -0.15) is 0 Å². The standard InChI is InChI=1S/C18H22N2O4S/c1-13(2)15-6-10-17(11-7-15)25(22,23)20-19-18(21)12-24-16-8-4-14(3)5-9-16/h4-11,13,20H,12H2,1-3H3,(H,19,21). The number of nitrogens with one attached hydrogen (secondary N) is 2. The van der Waals surface area contributed by atoms with Crippen molar-refractivity contribution in [3.8, 4) is 5.75 Å². The summed E-state index contributed by atoms with van der Waals surface area (Å²) in [6, 6.07) is 13.7. The molecule has 0 heterocycles. The molecule has 7 heteroatoms. The Kier molecular flexibility index (Phi) is 6.17. The Balaban J connectivity index is 1.88. The van der Waals surface area contributed by atoms with E-state index >= 15 is 0 Å². The van der Waals surface area contributed by atoms with E-state index in [0.29, 0.717) is 11.7 Å². The molecular weight excluding hydrogens is 340 g/mol. The summed E-state index contributed by atoms with van der Waals surface area (Å²) in [5.74, 6) is 0.249. The van der Waals surface area contributed by atoms with Crippen molar-refractivity contribution in [1.29, 1.82) is 0 Å². The first-order chi connectivity index (χ1) is 11.8. The van der Waals surface area contributed by atoms with Crippen molar-refractivity contribution < 1.29 is 17.9 Å². The highest BCUT2D eigenvalue weighted by molar-refractivity contribution is 7.89. The van der Waals surface area contributed by atoms with Gasteiger partial charge < -0.3 is 4.74 Å². The van der Waals surface area contributed by atoms with Gasteiger partial charge in [-0.05, 0) is 42.7 Å². The van der Waals surface area contributed by atoms with Crippen LogP contribution >= 0.6 is 0 Å². The molecule has 0 aliphatic rings. The molecule has 2 aromatic rings. The first-order valence-electron chi connectivity index (χ1n) is 7.88. The normalized spacial score (nSPS) is 11.4. The molecule has 0 bridgehead atoms. The molecule has 0 saturated carbocycles. The average Bonchev–Trinajstić information content (AvgIpc) is 2.59. The van der Waals surface area contributed by atoms with Crippen molar-refractivity contribution in [3.63, 3.8) is 0 Å². The number of hydrazine groups is 1. The summed E-state index contributed by atoms with van der Waals surface area (Å²) in [4.78, 5) is 13.9. The second-order valence-corrected chi connectivity index (χ2v) is 7.66. The number of sulfonamides is 1. The van der Waals surface area contributed by atoms with Crippen LogP contribution in [0.2, 0.25) is 0 Å². The minimum atomic E-state index is -3.82. The first-order valence-corrected chi connectivity index (χ1v) is 9.36. The van der Waals surface area contributed by atoms with Gasteiger partial charge in [0, 0.05) is 0 Å². The molecule has 0 aromatic heterocycles. The van der Waals surface area contributed by atoms with E-state index in [1.54, 1.807) is 24.3 Å². The number of hydrogen-bond donors (Lipinski definition) is 2. The van der Waals surface area contributed by atoms with Crippen molar-refractivity contribution in [2.45, 2.75) is 31.6 Å². The van der Waals surface area contributed by atoms with Crippen LogP contribution in [0.1, 0.15) is 30.9 Å². The molecule has 2 rings (SSSR count). The fourth-order valence-corrected chi connectivity index (χ4v) is 2.89. The van der Waals surface area contributed by atoms with Crippen LogP contribution in [-0.4, -0.2) is 20.9 Å². The maximum Gasteiger partial charge on any atom is 0.272 e. The molecule has 2 N–H and O–H groups in total. The lowest BCUT2D eigenvalue weighted by Gasteiger charge is -2.11. The number of amides is 1. The van der Waals surface area contributed by atoms with Crippen LogP contribution in [0.25, 0.3) is 0 Å². The number of ether oxygens (including phenoxy) is 1. The van der Waals surface area contributed by atoms with Gasteiger partial charge in [0.05, 0.1) is 4.90 Å². The number of benzene rings is 2. The highest BCUT2D eigenvalue weighted by atomic mass is 32.2. The highest BCUT2D eigenvalue weighted by Gasteiger charge is 2.15. The van der Waals surface area contributed by atoms with E-state index in [1.165, 1.54) is 12.1 Å². The van der Waals surface area contributed by atoms with Gasteiger partial charge in [-0.1, -0.05) is 43.7 Å². The van der Waals surface area contributed by atoms with E-state index in [0.717, 1.165) is 11.1 Å². The molecule has 0 unspecified atom stereocenters. The molecule has 0 aliphatic heterocycles. The quantitative estimate of drug-likeness (QED) is 0.741. The Labute approximate surface area is 148 Å². The molecule has 0 spiro atoms. The molecule has 0 radical (unpaired) electrons. The summed E-state index contributed by atoms with van der Waals surface area (Å²) in [6.45, 7) is 5.70. The molecule has 1 amide bonds. The van der Waals surface area contributed by atoms with Gasteiger partial charge in [0.25, 0.3) is 15.9 Å². The van der Waals surface area contributed by atoms with Gasteiger partial charge in [0.1, 0.15) is 5.75 Å². The minimum absolute atomic E-state index is 0.0802. The zero-order chi connectivity index (χ0) is 18.4. The van der Waals surface area contributed by atoms with E-state index in [4.69, 9.17) is 4.74 Å². The van der Waals surface area contributed by atoms with Crippen LogP contribution in [0.4, 0.5) is 0 Å². The SMILES string of the molecule is Cc1ccc(OCC(=O)NNS(=O)(=O)c2ccc(C(C)C)cc2)cc1. The number of carbonyl (C=O) groups excluding carboxylic acids is 1. The van der Waals surface area contributed by atoms with Gasteiger partial charge in [0.15, 0.2) is 6.61 Å². The van der Waals surface area contributed by atoms with Gasteiger partial charge in [0.2, 0.25) is 0 Å². The third-order valence-electron chi connectivity index (χ3n) is 3.57. The molecule has 0 aliphatic carbocycles. The van der Waals surface area contributed by atoms with E-state index in [9.17, 15) is 13.2 Å². The Bertz CT molecular complexity index is 813. The average molecular weight is 362 g/mol. The third-order valence-corrected chi connectivity index (χ3v) is 4.84. The largest absolute Gasteiger partial charge is 0.484 e. The lowest BCUT2D eigenvalue weighted by atomic mass is 10.0. The molecule has 25 heavy (non-hydrogen) atoms. The summed E-state index contributed by atoms with van der Waals surface area (Å²) in [6.07, 6.45) is 0. The third kappa shape index (κ3) is 5.58. The predicted molar refractivity (Wildman–Crippen MR) is 95.7 cm³/mol. The summed E-state index contributed by atoms with van der Waals surface area (Å²) in [5.41, 5.74) is 4.25. The Morgan fingerprint density at radius 2 is 1.64 bits per heavy atom. The smallest absolute Gasteiger partial charge is 0.272 e. The van der Waals surface area contributed by atoms with Crippen LogP contribution < -0.4 is 15.0 Å². The van der Waals surface area contributed by atoms with E-state index < -0.39 is 15.9 Å². The zero-order valence-corrected chi connectivity index (χ0v) is 15.3. The van der Waals surface area contributed by atoms with Crippen molar-refractivity contribution in [2.24, 2.45) is 0 Å². The fourth-order valence-electron chi connectivity index (χ4n) is 2.03. The van der Waals surface area contributed by atoms with Crippen molar-refractivity contribution in [2.75, 3.05) is 6.61 Å². The number of rotatable bonds is 7. The minimum Gasteiger partial charge on any atom is -0.484 e. The van der Waals surface area contributed by atoms with Gasteiger partial charge in [-0.25, -0.2) is 8.42 Å². The lowest BCUT2D eigenvalue weighted by molar-refractivity contribution is -0.123. The van der Waals surface area contributed by atoms with Crippen LogP contribution in [0.15, 0.2) is 53.4 Å². The van der Waals surface area contributed by atoms with Crippen molar-refractivity contribution in [3.05, 3.63) is 59.7 Å². The lowest BCUT2D eigenvalue weighted by Crippen LogP contribution is -2.43. The molecule has 6 nitrogen and oxygen atoms in total. The van der Waals surface area contributed by atoms with Crippen LogP contribution in [0.3, 0.4) is 0 Å². The van der Waals surface area contributed by atoms with Crippen LogP contribution in [0, 0.1) is 6.92 Å². The second-order valence-electron chi connectivity index (χ2n) is 5.98. The number of carbonyl (C=O) groups is 1. The summed E-state index contributed by atoms with van der Waals surface area (Å²) in [7, 11) is -3.82. The van der Waals surface area contributed by atoms with Gasteiger partial charge in [-0.3, -0.25) is 10.2 Å². The second kappa shape index (κ2) is 8.13. The molecule has 0 atom stereocenters. The maximum atomic E-state index is 12.2. The first kappa shape index (κ1) is 19.0. The van der Waals surface area contributed by atoms with E-state index in [2.05, 4.69) is 10.3 Å². The van der Waals surface area contributed by atoms with E-state index in [1.807, 2.05) is 32.9 Å². The maximum absolute atomic E-state index is 12.2. The number of aryl methyl sites for hydroxylation is 1. The summed E-state index contributed by atoms with van der Waals surface area (Å²) < 4.78 is 29.6. The monoisotopic (exact) mass is 362 g/mol. The summed E-state index contributed by atoms with van der Waals surface area (Å²) in [5, 5.41) is 0. The Hall–Kier alpha value is -2.38.